The minimum atomic E-state index is -4.92. The van der Waals surface area contributed by atoms with Crippen LogP contribution in [0.15, 0.2) is 0 Å². The fourth-order valence-corrected chi connectivity index (χ4v) is 4.32. The summed E-state index contributed by atoms with van der Waals surface area (Å²) in [7, 11) is -9.84. The molecule has 0 saturated carbocycles. The van der Waals surface area contributed by atoms with Gasteiger partial charge < -0.3 is 24.9 Å². The lowest BCUT2D eigenvalue weighted by Crippen LogP contribution is -2.51. The lowest BCUT2D eigenvalue weighted by Gasteiger charge is -2.33. The molecule has 6 N–H and O–H groups in total. The second-order valence-corrected chi connectivity index (χ2v) is 8.34. The minimum Gasteiger partial charge on any atom is -0.323 e. The third-order valence-electron chi connectivity index (χ3n) is 2.45. The smallest absolute Gasteiger partial charge is 0.323 e. The Hall–Kier alpha value is 0.570. The highest BCUT2D eigenvalue weighted by Crippen LogP contribution is 2.58. The number of piperidine rings is 1. The molecule has 0 aromatic carbocycles. The Morgan fingerprint density at radius 1 is 1.24 bits per heavy atom. The van der Waals surface area contributed by atoms with Crippen LogP contribution < -0.4 is 10.6 Å². The summed E-state index contributed by atoms with van der Waals surface area (Å²) in [6, 6.07) is -0.454. The van der Waals surface area contributed by atoms with Gasteiger partial charge in [-0.1, -0.05) is 0 Å². The second kappa shape index (κ2) is 5.69. The Labute approximate surface area is 104 Å². The Balaban J connectivity index is 2.80. The van der Waals surface area contributed by atoms with Gasteiger partial charge in [0.2, 0.25) is 5.52 Å². The maximum absolute atomic E-state index is 11.1. The zero-order valence-corrected chi connectivity index (χ0v) is 11.5. The molecular weight excluding hydrogens is 290 g/mol. The van der Waals surface area contributed by atoms with Crippen LogP contribution in [0, 0.1) is 0 Å². The van der Waals surface area contributed by atoms with E-state index < -0.39 is 26.8 Å². The van der Waals surface area contributed by atoms with E-state index in [-0.39, 0.29) is 5.25 Å². The van der Waals surface area contributed by atoms with Gasteiger partial charge in [0.15, 0.2) is 0 Å². The molecule has 0 radical (unpaired) electrons. The van der Waals surface area contributed by atoms with Crippen molar-refractivity contribution in [1.82, 2.24) is 10.6 Å². The first-order valence-corrected chi connectivity index (χ1v) is 8.75. The van der Waals surface area contributed by atoms with E-state index in [0.717, 1.165) is 0 Å². The van der Waals surface area contributed by atoms with E-state index in [1.165, 1.54) is 0 Å². The molecule has 8 nitrogen and oxygen atoms in total. The quantitative estimate of drug-likeness (QED) is 0.256. The summed E-state index contributed by atoms with van der Waals surface area (Å²) in [6.07, 6.45) is 0.491. The molecule has 1 aliphatic heterocycles. The molecular formula is C6H16N2O6P2S. The van der Waals surface area contributed by atoms with Crippen LogP contribution in [-0.2, 0) is 9.13 Å². The highest BCUT2D eigenvalue weighted by atomic mass is 32.1. The van der Waals surface area contributed by atoms with Crippen molar-refractivity contribution in [1.29, 1.82) is 0 Å². The highest BCUT2D eigenvalue weighted by molar-refractivity contribution is 7.81. The van der Waals surface area contributed by atoms with Gasteiger partial charge in [0.05, 0.1) is 0 Å². The Bertz CT molecular complexity index is 334. The number of hydrogen-bond acceptors (Lipinski definition) is 5. The van der Waals surface area contributed by atoms with Crippen molar-refractivity contribution >= 4 is 27.8 Å². The average Bonchev–Trinajstić information content (AvgIpc) is 2.12. The van der Waals surface area contributed by atoms with Gasteiger partial charge in [-0.15, -0.1) is 0 Å². The molecule has 1 rings (SSSR count). The van der Waals surface area contributed by atoms with E-state index in [9.17, 15) is 9.13 Å². The summed E-state index contributed by atoms with van der Waals surface area (Å²) < 4.78 is 22.1. The van der Waals surface area contributed by atoms with Crippen LogP contribution in [-0.4, -0.2) is 49.5 Å². The first-order valence-electron chi connectivity index (χ1n) is 4.87. The number of thiol groups is 1. The fraction of sp³-hybridized carbons (Fsp3) is 1.00. The Morgan fingerprint density at radius 3 is 2.18 bits per heavy atom. The van der Waals surface area contributed by atoms with Crippen molar-refractivity contribution in [2.45, 2.75) is 23.2 Å². The largest absolute Gasteiger partial charge is 0.354 e. The van der Waals surface area contributed by atoms with Crippen LogP contribution in [0.25, 0.3) is 0 Å². The van der Waals surface area contributed by atoms with Gasteiger partial charge in [-0.2, -0.15) is 12.6 Å². The second-order valence-electron chi connectivity index (χ2n) is 3.89. The van der Waals surface area contributed by atoms with Crippen LogP contribution in [0.2, 0.25) is 0 Å². The molecule has 2 atom stereocenters. The minimum absolute atomic E-state index is 0.260. The van der Waals surface area contributed by atoms with Gasteiger partial charge in [-0.3, -0.25) is 14.4 Å². The zero-order valence-electron chi connectivity index (χ0n) is 8.80. The summed E-state index contributed by atoms with van der Waals surface area (Å²) in [5.74, 6) is 0. The first kappa shape index (κ1) is 15.6. The molecule has 1 heterocycles. The highest BCUT2D eigenvalue weighted by Gasteiger charge is 2.45. The topological polar surface area (TPSA) is 139 Å². The van der Waals surface area contributed by atoms with Gasteiger partial charge in [0.25, 0.3) is 0 Å². The van der Waals surface area contributed by atoms with E-state index in [1.54, 1.807) is 0 Å². The monoisotopic (exact) mass is 306 g/mol. The predicted octanol–water partition coefficient (Wildman–Crippen LogP) is -1.12. The first-order chi connectivity index (χ1) is 7.62. The van der Waals surface area contributed by atoms with Crippen LogP contribution in [0.1, 0.15) is 6.42 Å². The van der Waals surface area contributed by atoms with Crippen molar-refractivity contribution in [2.24, 2.45) is 0 Å². The summed E-state index contributed by atoms with van der Waals surface area (Å²) >= 11 is 4.19. The SMILES string of the molecule is O=P(O)(O)C(NC1CCNCC1S)P(=O)(O)O. The van der Waals surface area contributed by atoms with Gasteiger partial charge in [-0.25, -0.2) is 0 Å². The number of nitrogens with one attached hydrogen (secondary N) is 2. The van der Waals surface area contributed by atoms with E-state index in [0.29, 0.717) is 19.5 Å². The Morgan fingerprint density at radius 2 is 1.76 bits per heavy atom. The summed E-state index contributed by atoms with van der Waals surface area (Å²) in [5.41, 5.74) is -2.16. The van der Waals surface area contributed by atoms with Crippen LogP contribution in [0.5, 0.6) is 0 Å². The predicted molar refractivity (Wildman–Crippen MR) is 65.1 cm³/mol. The molecule has 1 saturated heterocycles. The normalized spacial score (nSPS) is 27.4. The van der Waals surface area contributed by atoms with Crippen LogP contribution >= 0.6 is 27.8 Å². The van der Waals surface area contributed by atoms with E-state index in [4.69, 9.17) is 19.6 Å². The Kier molecular flexibility index (Phi) is 5.23. The number of hydrogen-bond donors (Lipinski definition) is 7. The van der Waals surface area contributed by atoms with Crippen molar-refractivity contribution in [3.05, 3.63) is 0 Å². The molecule has 0 spiro atoms. The summed E-state index contributed by atoms with van der Waals surface area (Å²) in [4.78, 5) is 35.8. The molecule has 1 fully saturated rings. The summed E-state index contributed by atoms with van der Waals surface area (Å²) in [5, 5.41) is 5.09. The third kappa shape index (κ3) is 4.63. The molecule has 17 heavy (non-hydrogen) atoms. The molecule has 0 bridgehead atoms. The zero-order chi connectivity index (χ0) is 13.3. The molecule has 2 unspecified atom stereocenters. The molecule has 0 aromatic rings. The van der Waals surface area contributed by atoms with Crippen molar-refractivity contribution in [2.75, 3.05) is 13.1 Å². The van der Waals surface area contributed by atoms with Gasteiger partial charge >= 0.3 is 15.2 Å². The van der Waals surface area contributed by atoms with Gasteiger partial charge in [0, 0.05) is 17.8 Å². The third-order valence-corrected chi connectivity index (χ3v) is 6.37. The van der Waals surface area contributed by atoms with Gasteiger partial charge in [-0.05, 0) is 13.0 Å². The summed E-state index contributed by atoms with van der Waals surface area (Å²) in [6.45, 7) is 1.11. The van der Waals surface area contributed by atoms with E-state index >= 15 is 0 Å². The van der Waals surface area contributed by atoms with E-state index in [2.05, 4.69) is 23.3 Å². The molecule has 0 aliphatic carbocycles. The van der Waals surface area contributed by atoms with Gasteiger partial charge in [0.1, 0.15) is 0 Å². The maximum Gasteiger partial charge on any atom is 0.354 e. The molecule has 1 aliphatic rings. The van der Waals surface area contributed by atoms with Crippen LogP contribution in [0.3, 0.4) is 0 Å². The average molecular weight is 306 g/mol. The fourth-order valence-electron chi connectivity index (χ4n) is 1.62. The van der Waals surface area contributed by atoms with E-state index in [1.807, 2.05) is 0 Å². The number of rotatable bonds is 4. The molecule has 102 valence electrons. The van der Waals surface area contributed by atoms with Crippen molar-refractivity contribution in [3.8, 4) is 0 Å². The molecule has 0 aromatic heterocycles. The maximum atomic E-state index is 11.1. The van der Waals surface area contributed by atoms with Crippen LogP contribution in [0.4, 0.5) is 0 Å². The molecule has 11 heteroatoms. The van der Waals surface area contributed by atoms with Crippen molar-refractivity contribution < 1.29 is 28.7 Å². The standard InChI is InChI=1S/C6H16N2O6P2S/c9-15(10,11)6(16(12,13)14)8-4-1-2-7-3-5(4)17/h4-8,17H,1-3H2,(H2,9,10,11)(H2,12,13,14). The van der Waals surface area contributed by atoms with Crippen molar-refractivity contribution in [3.63, 3.8) is 0 Å². The lowest BCUT2D eigenvalue weighted by atomic mass is 10.1. The molecule has 0 amide bonds. The lowest BCUT2D eigenvalue weighted by molar-refractivity contribution is 0.309.